The first kappa shape index (κ1) is 13.9. The van der Waals surface area contributed by atoms with Gasteiger partial charge in [0.1, 0.15) is 0 Å². The second kappa shape index (κ2) is 8.23. The van der Waals surface area contributed by atoms with E-state index in [1.54, 1.807) is 0 Å². The van der Waals surface area contributed by atoms with Gasteiger partial charge in [0.05, 0.1) is 0 Å². The smallest absolute Gasteiger partial charge is 0.300 e. The number of nitrogens with one attached hydrogen (secondary N) is 2. The minimum Gasteiger partial charge on any atom is -0.481 e. The molecule has 0 saturated carbocycles. The van der Waals surface area contributed by atoms with E-state index < -0.39 is 5.97 Å². The highest BCUT2D eigenvalue weighted by Gasteiger charge is 2.13. The quantitative estimate of drug-likeness (QED) is 0.622. The zero-order valence-corrected chi connectivity index (χ0v) is 9.38. The molecule has 0 aliphatic carbocycles. The fraction of sp³-hybridized carbons (Fsp3) is 0.800. The third-order valence-corrected chi connectivity index (χ3v) is 2.03. The molecule has 5 nitrogen and oxygen atoms in total. The Morgan fingerprint density at radius 3 is 2.27 bits per heavy atom. The van der Waals surface area contributed by atoms with Gasteiger partial charge in [0.15, 0.2) is 0 Å². The van der Waals surface area contributed by atoms with Crippen molar-refractivity contribution in [2.75, 3.05) is 13.1 Å². The Balaban J connectivity index is 0.000000423. The summed E-state index contributed by atoms with van der Waals surface area (Å²) >= 11 is 0. The van der Waals surface area contributed by atoms with Gasteiger partial charge in [0.25, 0.3) is 5.97 Å². The normalized spacial score (nSPS) is 16.1. The van der Waals surface area contributed by atoms with Crippen molar-refractivity contribution in [1.29, 1.82) is 0 Å². The van der Waals surface area contributed by atoms with Crippen molar-refractivity contribution >= 4 is 11.9 Å². The number of rotatable bonds is 2. The van der Waals surface area contributed by atoms with Crippen molar-refractivity contribution in [3.8, 4) is 0 Å². The first-order valence-corrected chi connectivity index (χ1v) is 5.25. The summed E-state index contributed by atoms with van der Waals surface area (Å²) in [7, 11) is 0. The molecule has 3 N–H and O–H groups in total. The fourth-order valence-corrected chi connectivity index (χ4v) is 1.30. The Kier molecular flexibility index (Phi) is 7.62. The lowest BCUT2D eigenvalue weighted by molar-refractivity contribution is -0.134. The Morgan fingerprint density at radius 1 is 1.40 bits per heavy atom. The van der Waals surface area contributed by atoms with Gasteiger partial charge in [-0.05, 0) is 25.9 Å². The van der Waals surface area contributed by atoms with Gasteiger partial charge in [0, 0.05) is 19.4 Å². The molecule has 15 heavy (non-hydrogen) atoms. The van der Waals surface area contributed by atoms with E-state index in [2.05, 4.69) is 10.6 Å². The molecule has 1 amide bonds. The van der Waals surface area contributed by atoms with Crippen molar-refractivity contribution < 1.29 is 14.7 Å². The lowest BCUT2D eigenvalue weighted by Gasteiger charge is -2.23. The lowest BCUT2D eigenvalue weighted by Crippen LogP contribution is -2.42. The maximum Gasteiger partial charge on any atom is 0.300 e. The summed E-state index contributed by atoms with van der Waals surface area (Å²) in [6.07, 6.45) is 2.75. The van der Waals surface area contributed by atoms with E-state index in [1.807, 2.05) is 6.92 Å². The van der Waals surface area contributed by atoms with Crippen LogP contribution in [-0.2, 0) is 9.59 Å². The molecule has 88 valence electrons. The summed E-state index contributed by atoms with van der Waals surface area (Å²) in [4.78, 5) is 19.9. The second-order valence-corrected chi connectivity index (χ2v) is 3.46. The van der Waals surface area contributed by atoms with Crippen LogP contribution < -0.4 is 10.6 Å². The number of carbonyl (C=O) groups excluding carboxylic acids is 1. The van der Waals surface area contributed by atoms with E-state index in [1.165, 1.54) is 0 Å². The second-order valence-electron chi connectivity index (χ2n) is 3.46. The molecule has 1 saturated heterocycles. The monoisotopic (exact) mass is 216 g/mol. The molecule has 0 bridgehead atoms. The van der Waals surface area contributed by atoms with Crippen LogP contribution >= 0.6 is 0 Å². The number of amides is 1. The molecule has 1 heterocycles. The number of piperidine rings is 1. The van der Waals surface area contributed by atoms with Crippen molar-refractivity contribution in [2.24, 2.45) is 0 Å². The van der Waals surface area contributed by atoms with Crippen LogP contribution in [0.15, 0.2) is 0 Å². The van der Waals surface area contributed by atoms with Crippen LogP contribution in [0.2, 0.25) is 0 Å². The minimum absolute atomic E-state index is 0.178. The van der Waals surface area contributed by atoms with Crippen LogP contribution in [0.3, 0.4) is 0 Å². The predicted octanol–water partition coefficient (Wildman–Crippen LogP) is 0.355. The maximum absolute atomic E-state index is 10.9. The van der Waals surface area contributed by atoms with Crippen molar-refractivity contribution in [3.63, 3.8) is 0 Å². The van der Waals surface area contributed by atoms with E-state index in [0.29, 0.717) is 12.5 Å². The van der Waals surface area contributed by atoms with Gasteiger partial charge in [-0.15, -0.1) is 0 Å². The van der Waals surface area contributed by atoms with Crippen LogP contribution in [0, 0.1) is 0 Å². The first-order chi connectivity index (χ1) is 7.06. The molecule has 0 atom stereocenters. The minimum atomic E-state index is -0.833. The van der Waals surface area contributed by atoms with E-state index in [-0.39, 0.29) is 5.91 Å². The molecule has 0 spiro atoms. The number of carboxylic acids is 1. The molecule has 1 aliphatic rings. The zero-order chi connectivity index (χ0) is 11.7. The van der Waals surface area contributed by atoms with Gasteiger partial charge < -0.3 is 15.7 Å². The summed E-state index contributed by atoms with van der Waals surface area (Å²) in [5, 5.41) is 13.7. The molecule has 1 rings (SSSR count). The average Bonchev–Trinajstić information content (AvgIpc) is 2.18. The summed E-state index contributed by atoms with van der Waals surface area (Å²) in [6, 6.07) is 0.420. The van der Waals surface area contributed by atoms with Gasteiger partial charge in [-0.25, -0.2) is 0 Å². The number of aliphatic carboxylic acids is 1. The predicted molar refractivity (Wildman–Crippen MR) is 57.6 cm³/mol. The van der Waals surface area contributed by atoms with Gasteiger partial charge >= 0.3 is 0 Å². The van der Waals surface area contributed by atoms with Crippen LogP contribution in [-0.4, -0.2) is 36.1 Å². The lowest BCUT2D eigenvalue weighted by atomic mass is 10.1. The zero-order valence-electron chi connectivity index (χ0n) is 9.38. The molecule has 0 radical (unpaired) electrons. The Hall–Kier alpha value is -1.10. The number of hydrogen-bond acceptors (Lipinski definition) is 3. The first-order valence-electron chi connectivity index (χ1n) is 5.25. The Labute approximate surface area is 90.2 Å². The number of carboxylic acid groups (broad SMARTS) is 1. The molecule has 0 aromatic heterocycles. The van der Waals surface area contributed by atoms with Crippen LogP contribution in [0.4, 0.5) is 0 Å². The number of carbonyl (C=O) groups is 2. The van der Waals surface area contributed by atoms with Gasteiger partial charge in [-0.3, -0.25) is 9.59 Å². The molecular weight excluding hydrogens is 196 g/mol. The SMILES string of the molecule is CC(=O)O.CCC(=O)NC1CCNCC1. The molecule has 0 aromatic carbocycles. The van der Waals surface area contributed by atoms with Crippen LogP contribution in [0.1, 0.15) is 33.1 Å². The van der Waals surface area contributed by atoms with E-state index in [0.717, 1.165) is 32.9 Å². The van der Waals surface area contributed by atoms with Crippen molar-refractivity contribution in [3.05, 3.63) is 0 Å². The fourth-order valence-electron chi connectivity index (χ4n) is 1.30. The molecule has 1 aliphatic heterocycles. The largest absolute Gasteiger partial charge is 0.481 e. The van der Waals surface area contributed by atoms with E-state index >= 15 is 0 Å². The molecule has 5 heteroatoms. The Morgan fingerprint density at radius 2 is 1.87 bits per heavy atom. The highest BCUT2D eigenvalue weighted by Crippen LogP contribution is 2.01. The standard InChI is InChI=1S/C8H16N2O.C2H4O2/c1-2-8(11)10-7-3-5-9-6-4-7;1-2(3)4/h7,9H,2-6H2,1H3,(H,10,11);1H3,(H,3,4). The average molecular weight is 216 g/mol. The highest BCUT2D eigenvalue weighted by molar-refractivity contribution is 5.75. The highest BCUT2D eigenvalue weighted by atomic mass is 16.4. The molecule has 0 aromatic rings. The topological polar surface area (TPSA) is 78.4 Å². The summed E-state index contributed by atoms with van der Waals surface area (Å²) in [5.74, 6) is -0.656. The third kappa shape index (κ3) is 9.21. The third-order valence-electron chi connectivity index (χ3n) is 2.03. The summed E-state index contributed by atoms with van der Waals surface area (Å²) < 4.78 is 0. The summed E-state index contributed by atoms with van der Waals surface area (Å²) in [6.45, 7) is 5.04. The number of hydrogen-bond donors (Lipinski definition) is 3. The molecular formula is C10H20N2O3. The Bertz CT molecular complexity index is 197. The summed E-state index contributed by atoms with van der Waals surface area (Å²) in [5.41, 5.74) is 0. The van der Waals surface area contributed by atoms with Gasteiger partial charge in [-0.1, -0.05) is 6.92 Å². The van der Waals surface area contributed by atoms with E-state index in [9.17, 15) is 4.79 Å². The van der Waals surface area contributed by atoms with Gasteiger partial charge in [0.2, 0.25) is 5.91 Å². The van der Waals surface area contributed by atoms with Crippen LogP contribution in [0.5, 0.6) is 0 Å². The van der Waals surface area contributed by atoms with Crippen molar-refractivity contribution in [1.82, 2.24) is 10.6 Å². The van der Waals surface area contributed by atoms with Crippen LogP contribution in [0.25, 0.3) is 0 Å². The maximum atomic E-state index is 10.9. The van der Waals surface area contributed by atoms with E-state index in [4.69, 9.17) is 9.90 Å². The van der Waals surface area contributed by atoms with Crippen molar-refractivity contribution in [2.45, 2.75) is 39.2 Å². The molecule has 1 fully saturated rings. The molecule has 0 unspecified atom stereocenters. The van der Waals surface area contributed by atoms with Gasteiger partial charge in [-0.2, -0.15) is 0 Å².